The van der Waals surface area contributed by atoms with E-state index in [1.165, 1.54) is 0 Å². The molecule has 0 aromatic carbocycles. The molecule has 0 saturated carbocycles. The first kappa shape index (κ1) is 14.1. The molecule has 1 rings (SSSR count). The maximum atomic E-state index is 11.6. The van der Waals surface area contributed by atoms with Crippen molar-refractivity contribution in [2.45, 2.75) is 58.0 Å². The molecular weight excluding hydrogens is 222 g/mol. The summed E-state index contributed by atoms with van der Waals surface area (Å²) in [7, 11) is 0. The molecule has 0 atom stereocenters. The van der Waals surface area contributed by atoms with Gasteiger partial charge in [0.25, 0.3) is 0 Å². The first-order valence-electron chi connectivity index (χ1n) is 5.82. The second-order valence-electron chi connectivity index (χ2n) is 5.79. The van der Waals surface area contributed by atoms with E-state index in [-0.39, 0.29) is 18.8 Å². The quantitative estimate of drug-likeness (QED) is 0.812. The molecule has 0 unspecified atom stereocenters. The highest BCUT2D eigenvalue weighted by molar-refractivity contribution is 5.81. The lowest BCUT2D eigenvalue weighted by Crippen LogP contribution is -2.60. The van der Waals surface area contributed by atoms with Crippen molar-refractivity contribution < 1.29 is 19.5 Å². The number of hydroxylamine groups is 2. The van der Waals surface area contributed by atoms with E-state index in [9.17, 15) is 9.59 Å². The highest BCUT2D eigenvalue weighted by Gasteiger charge is 2.46. The van der Waals surface area contributed by atoms with E-state index in [4.69, 9.17) is 9.94 Å². The van der Waals surface area contributed by atoms with Crippen LogP contribution in [0.15, 0.2) is 0 Å². The zero-order valence-corrected chi connectivity index (χ0v) is 10.9. The standard InChI is InChI=1S/C12H21NO4/c1-11(2)7-9(14)8-12(3,4)13(11)17-6-5-10(15)16/h5-8H2,1-4H3,(H,15,16). The van der Waals surface area contributed by atoms with E-state index in [1.807, 2.05) is 27.7 Å². The molecule has 98 valence electrons. The van der Waals surface area contributed by atoms with Crippen LogP contribution in [0.5, 0.6) is 0 Å². The van der Waals surface area contributed by atoms with Crippen molar-refractivity contribution in [1.29, 1.82) is 0 Å². The van der Waals surface area contributed by atoms with Crippen LogP contribution in [0.4, 0.5) is 0 Å². The van der Waals surface area contributed by atoms with Gasteiger partial charge in [0, 0.05) is 23.9 Å². The van der Waals surface area contributed by atoms with Crippen molar-refractivity contribution in [3.8, 4) is 0 Å². The van der Waals surface area contributed by atoms with Crippen LogP contribution in [0.2, 0.25) is 0 Å². The van der Waals surface area contributed by atoms with E-state index < -0.39 is 17.0 Å². The maximum Gasteiger partial charge on any atom is 0.305 e. The van der Waals surface area contributed by atoms with Gasteiger partial charge in [0.2, 0.25) is 0 Å². The van der Waals surface area contributed by atoms with Gasteiger partial charge in [-0.15, -0.1) is 0 Å². The van der Waals surface area contributed by atoms with E-state index >= 15 is 0 Å². The van der Waals surface area contributed by atoms with E-state index in [1.54, 1.807) is 5.06 Å². The SMILES string of the molecule is CC1(C)CC(=O)CC(C)(C)N1OCCC(=O)O. The summed E-state index contributed by atoms with van der Waals surface area (Å²) in [5.41, 5.74) is -0.783. The average Bonchev–Trinajstić information content (AvgIpc) is 2.06. The molecule has 17 heavy (non-hydrogen) atoms. The molecule has 0 aromatic rings. The van der Waals surface area contributed by atoms with Crippen molar-refractivity contribution >= 4 is 11.8 Å². The normalized spacial score (nSPS) is 23.6. The van der Waals surface area contributed by atoms with Gasteiger partial charge >= 0.3 is 5.97 Å². The molecule has 5 heteroatoms. The van der Waals surface area contributed by atoms with Gasteiger partial charge in [-0.2, -0.15) is 5.06 Å². The molecule has 1 heterocycles. The van der Waals surface area contributed by atoms with Gasteiger partial charge in [0.15, 0.2) is 0 Å². The highest BCUT2D eigenvalue weighted by Crippen LogP contribution is 2.36. The predicted molar refractivity (Wildman–Crippen MR) is 62.4 cm³/mol. The lowest BCUT2D eigenvalue weighted by Gasteiger charge is -2.50. The van der Waals surface area contributed by atoms with Crippen LogP contribution in [0.25, 0.3) is 0 Å². The number of rotatable bonds is 4. The lowest BCUT2D eigenvalue weighted by molar-refractivity contribution is -0.274. The molecule has 0 aliphatic carbocycles. The number of carbonyl (C=O) groups excluding carboxylic acids is 1. The summed E-state index contributed by atoms with van der Waals surface area (Å²) in [6.07, 6.45) is 0.837. The second kappa shape index (κ2) is 4.74. The van der Waals surface area contributed by atoms with Gasteiger partial charge in [-0.05, 0) is 27.7 Å². The summed E-state index contributed by atoms with van der Waals surface area (Å²) in [4.78, 5) is 27.7. The third kappa shape index (κ3) is 3.51. The number of carboxylic acid groups (broad SMARTS) is 1. The Labute approximate surface area is 102 Å². The summed E-state index contributed by atoms with van der Waals surface area (Å²) < 4.78 is 0. The maximum absolute atomic E-state index is 11.6. The van der Waals surface area contributed by atoms with Crippen LogP contribution in [0.3, 0.4) is 0 Å². The molecule has 1 aliphatic heterocycles. The highest BCUT2D eigenvalue weighted by atomic mass is 16.7. The molecule has 5 nitrogen and oxygen atoms in total. The van der Waals surface area contributed by atoms with Crippen LogP contribution in [0.1, 0.15) is 47.0 Å². The topological polar surface area (TPSA) is 66.8 Å². The van der Waals surface area contributed by atoms with Gasteiger partial charge < -0.3 is 5.11 Å². The van der Waals surface area contributed by atoms with Crippen molar-refractivity contribution in [1.82, 2.24) is 5.06 Å². The lowest BCUT2D eigenvalue weighted by atomic mass is 9.81. The molecule has 0 radical (unpaired) electrons. The van der Waals surface area contributed by atoms with Gasteiger partial charge in [0.05, 0.1) is 13.0 Å². The third-order valence-corrected chi connectivity index (χ3v) is 2.90. The Morgan fingerprint density at radius 1 is 1.29 bits per heavy atom. The Kier molecular flexibility index (Phi) is 3.94. The van der Waals surface area contributed by atoms with Crippen LogP contribution in [-0.4, -0.2) is 39.6 Å². The van der Waals surface area contributed by atoms with Gasteiger partial charge in [-0.25, -0.2) is 0 Å². The van der Waals surface area contributed by atoms with Gasteiger partial charge in [-0.3, -0.25) is 14.4 Å². The number of Topliss-reactive ketones (excluding diaryl/α,β-unsaturated/α-hetero) is 1. The van der Waals surface area contributed by atoms with Crippen LogP contribution >= 0.6 is 0 Å². The first-order valence-corrected chi connectivity index (χ1v) is 5.82. The van der Waals surface area contributed by atoms with Gasteiger partial charge in [0.1, 0.15) is 5.78 Å². The number of hydrogen-bond donors (Lipinski definition) is 1. The Morgan fingerprint density at radius 2 is 1.76 bits per heavy atom. The monoisotopic (exact) mass is 243 g/mol. The third-order valence-electron chi connectivity index (χ3n) is 2.90. The van der Waals surface area contributed by atoms with E-state index in [2.05, 4.69) is 0 Å². The molecule has 0 amide bonds. The molecule has 0 aromatic heterocycles. The van der Waals surface area contributed by atoms with Crippen molar-refractivity contribution in [3.05, 3.63) is 0 Å². The number of nitrogens with zero attached hydrogens (tertiary/aromatic N) is 1. The average molecular weight is 243 g/mol. The fraction of sp³-hybridized carbons (Fsp3) is 0.833. The van der Waals surface area contributed by atoms with E-state index in [0.29, 0.717) is 12.8 Å². The van der Waals surface area contributed by atoms with Crippen LogP contribution in [0, 0.1) is 0 Å². The van der Waals surface area contributed by atoms with Crippen LogP contribution < -0.4 is 0 Å². The van der Waals surface area contributed by atoms with Crippen molar-refractivity contribution in [2.24, 2.45) is 0 Å². The molecule has 0 spiro atoms. The molecule has 1 aliphatic rings. The molecular formula is C12H21NO4. The fourth-order valence-electron chi connectivity index (χ4n) is 2.56. The summed E-state index contributed by atoms with van der Waals surface area (Å²) in [6, 6.07) is 0. The van der Waals surface area contributed by atoms with Crippen molar-refractivity contribution in [2.75, 3.05) is 6.61 Å². The summed E-state index contributed by atoms with van der Waals surface area (Å²) >= 11 is 0. The Hall–Kier alpha value is -0.940. The Balaban J connectivity index is 2.71. The number of aliphatic carboxylic acids is 1. The van der Waals surface area contributed by atoms with Gasteiger partial charge in [-0.1, -0.05) is 0 Å². The minimum atomic E-state index is -0.881. The van der Waals surface area contributed by atoms with E-state index in [0.717, 1.165) is 0 Å². The summed E-state index contributed by atoms with van der Waals surface area (Å²) in [5.74, 6) is -0.660. The molecule has 1 N–H and O–H groups in total. The van der Waals surface area contributed by atoms with Crippen molar-refractivity contribution in [3.63, 3.8) is 0 Å². The zero-order chi connectivity index (χ0) is 13.3. The number of carboxylic acids is 1. The first-order chi connectivity index (χ1) is 7.65. The Bertz CT molecular complexity index is 302. The largest absolute Gasteiger partial charge is 0.481 e. The predicted octanol–water partition coefficient (Wildman–Crippen LogP) is 1.61. The zero-order valence-electron chi connectivity index (χ0n) is 10.9. The number of carbonyl (C=O) groups is 2. The molecule has 0 bridgehead atoms. The summed E-state index contributed by atoms with van der Waals surface area (Å²) in [6.45, 7) is 7.88. The number of hydrogen-bond acceptors (Lipinski definition) is 4. The summed E-state index contributed by atoms with van der Waals surface area (Å²) in [5, 5.41) is 10.4. The molecule has 1 saturated heterocycles. The Morgan fingerprint density at radius 3 is 2.18 bits per heavy atom. The molecule has 1 fully saturated rings. The second-order valence-corrected chi connectivity index (χ2v) is 5.79. The van der Waals surface area contributed by atoms with Crippen LogP contribution in [-0.2, 0) is 14.4 Å². The number of piperidine rings is 1. The smallest absolute Gasteiger partial charge is 0.305 e. The minimum absolute atomic E-state index is 0.0311. The fourth-order valence-corrected chi connectivity index (χ4v) is 2.56. The number of ketones is 1. The minimum Gasteiger partial charge on any atom is -0.481 e.